The lowest BCUT2D eigenvalue weighted by Crippen LogP contribution is -2.52. The van der Waals surface area contributed by atoms with Crippen molar-refractivity contribution in [1.82, 2.24) is 10.2 Å². The summed E-state index contributed by atoms with van der Waals surface area (Å²) in [7, 11) is -2.60. The highest BCUT2D eigenvalue weighted by Crippen LogP contribution is 2.26. The summed E-state index contributed by atoms with van der Waals surface area (Å²) in [5.74, 6) is -0.204. The lowest BCUT2D eigenvalue weighted by Gasteiger charge is -2.33. The molecule has 3 aromatic rings. The highest BCUT2D eigenvalue weighted by atomic mass is 32.2. The molecule has 0 spiro atoms. The lowest BCUT2D eigenvalue weighted by atomic mass is 10.1. The zero-order valence-electron chi connectivity index (χ0n) is 23.0. The Morgan fingerprint density at radius 3 is 2.13 bits per heavy atom. The second-order valence-corrected chi connectivity index (χ2v) is 11.0. The van der Waals surface area contributed by atoms with E-state index in [1.165, 1.54) is 24.1 Å². The number of nitrogens with zero attached hydrogens (tertiary/aromatic N) is 2. The molecule has 8 nitrogen and oxygen atoms in total. The van der Waals surface area contributed by atoms with Crippen LogP contribution in [0.1, 0.15) is 31.4 Å². The van der Waals surface area contributed by atoms with Crippen LogP contribution in [0.5, 0.6) is 5.75 Å². The van der Waals surface area contributed by atoms with Gasteiger partial charge in [0, 0.05) is 13.6 Å². The van der Waals surface area contributed by atoms with Gasteiger partial charge in [-0.1, -0.05) is 55.0 Å². The van der Waals surface area contributed by atoms with Crippen molar-refractivity contribution in [3.05, 3.63) is 90.0 Å². The number of hydrogen-bond donors (Lipinski definition) is 1. The zero-order valence-corrected chi connectivity index (χ0v) is 23.8. The van der Waals surface area contributed by atoms with Gasteiger partial charge in [-0.05, 0) is 68.7 Å². The molecule has 0 bridgehead atoms. The van der Waals surface area contributed by atoms with Gasteiger partial charge in [-0.2, -0.15) is 0 Å². The monoisotopic (exact) mass is 551 g/mol. The smallest absolute Gasteiger partial charge is 0.264 e. The predicted molar refractivity (Wildman–Crippen MR) is 153 cm³/mol. The van der Waals surface area contributed by atoms with Crippen LogP contribution in [0.2, 0.25) is 0 Å². The normalized spacial score (nSPS) is 11.9. The van der Waals surface area contributed by atoms with E-state index < -0.39 is 28.5 Å². The quantitative estimate of drug-likeness (QED) is 0.344. The summed E-state index contributed by atoms with van der Waals surface area (Å²) in [6.45, 7) is 5.85. The van der Waals surface area contributed by atoms with E-state index in [1.807, 2.05) is 51.1 Å². The van der Waals surface area contributed by atoms with Crippen LogP contribution in [-0.2, 0) is 26.0 Å². The molecular weight excluding hydrogens is 514 g/mol. The third-order valence-electron chi connectivity index (χ3n) is 6.44. The van der Waals surface area contributed by atoms with Crippen LogP contribution in [0, 0.1) is 6.92 Å². The summed E-state index contributed by atoms with van der Waals surface area (Å²) >= 11 is 0. The Labute approximate surface area is 231 Å². The van der Waals surface area contributed by atoms with Crippen LogP contribution in [-0.4, -0.2) is 57.9 Å². The van der Waals surface area contributed by atoms with Gasteiger partial charge in [0.25, 0.3) is 10.0 Å². The van der Waals surface area contributed by atoms with Crippen molar-refractivity contribution in [2.75, 3.05) is 31.0 Å². The average molecular weight is 552 g/mol. The summed E-state index contributed by atoms with van der Waals surface area (Å²) in [4.78, 5) is 28.1. The van der Waals surface area contributed by atoms with Crippen LogP contribution in [0.3, 0.4) is 0 Å². The predicted octanol–water partition coefficient (Wildman–Crippen LogP) is 4.18. The maximum atomic E-state index is 13.9. The molecule has 1 atom stereocenters. The summed E-state index contributed by atoms with van der Waals surface area (Å²) < 4.78 is 34.3. The minimum atomic E-state index is -4.12. The van der Waals surface area contributed by atoms with Gasteiger partial charge >= 0.3 is 0 Å². The Kier molecular flexibility index (Phi) is 10.5. The summed E-state index contributed by atoms with van der Waals surface area (Å²) in [6, 6.07) is 22.0. The van der Waals surface area contributed by atoms with Crippen LogP contribution in [0.4, 0.5) is 5.69 Å². The largest absolute Gasteiger partial charge is 0.494 e. The van der Waals surface area contributed by atoms with Gasteiger partial charge in [-0.15, -0.1) is 0 Å². The van der Waals surface area contributed by atoms with E-state index in [0.29, 0.717) is 30.9 Å². The van der Waals surface area contributed by atoms with Crippen molar-refractivity contribution < 1.29 is 22.7 Å². The van der Waals surface area contributed by atoms with E-state index in [2.05, 4.69) is 5.32 Å². The number of hydrogen-bond acceptors (Lipinski definition) is 5. The highest BCUT2D eigenvalue weighted by molar-refractivity contribution is 7.92. The number of likely N-dealkylation sites (N-methyl/N-ethyl adjacent to an activating group) is 1. The maximum absolute atomic E-state index is 13.9. The van der Waals surface area contributed by atoms with E-state index >= 15 is 0 Å². The number of amides is 2. The molecule has 2 amide bonds. The third-order valence-corrected chi connectivity index (χ3v) is 8.23. The first kappa shape index (κ1) is 29.7. The van der Waals surface area contributed by atoms with Crippen molar-refractivity contribution in [3.8, 4) is 5.75 Å². The van der Waals surface area contributed by atoms with E-state index in [0.717, 1.165) is 15.4 Å². The van der Waals surface area contributed by atoms with Gasteiger partial charge in [0.2, 0.25) is 11.8 Å². The number of sulfonamides is 1. The molecule has 0 radical (unpaired) electrons. The van der Waals surface area contributed by atoms with Crippen molar-refractivity contribution >= 4 is 27.5 Å². The van der Waals surface area contributed by atoms with E-state index in [9.17, 15) is 18.0 Å². The van der Waals surface area contributed by atoms with Crippen LogP contribution >= 0.6 is 0 Å². The molecule has 0 unspecified atom stereocenters. The fourth-order valence-corrected chi connectivity index (χ4v) is 5.72. The van der Waals surface area contributed by atoms with Gasteiger partial charge in [-0.3, -0.25) is 13.9 Å². The Morgan fingerprint density at radius 1 is 0.923 bits per heavy atom. The highest BCUT2D eigenvalue weighted by Gasteiger charge is 2.33. The minimum absolute atomic E-state index is 0.0357. The molecule has 0 saturated carbocycles. The first-order valence-electron chi connectivity index (χ1n) is 13.1. The van der Waals surface area contributed by atoms with Gasteiger partial charge in [0.05, 0.1) is 17.2 Å². The molecular formula is C30H37N3O5S. The van der Waals surface area contributed by atoms with E-state index in [-0.39, 0.29) is 17.3 Å². The fourth-order valence-electron chi connectivity index (χ4n) is 4.30. The van der Waals surface area contributed by atoms with Gasteiger partial charge in [0.15, 0.2) is 0 Å². The summed E-state index contributed by atoms with van der Waals surface area (Å²) in [5.41, 5.74) is 2.33. The molecule has 3 rings (SSSR count). The molecule has 0 aliphatic carbocycles. The number of carbonyl (C=O) groups is 2. The molecule has 39 heavy (non-hydrogen) atoms. The number of rotatable bonds is 13. The summed E-state index contributed by atoms with van der Waals surface area (Å²) in [5, 5.41) is 2.64. The van der Waals surface area contributed by atoms with Crippen molar-refractivity contribution in [3.63, 3.8) is 0 Å². The lowest BCUT2D eigenvalue weighted by molar-refractivity contribution is -0.139. The molecule has 0 aliphatic heterocycles. The average Bonchev–Trinajstić information content (AvgIpc) is 2.95. The van der Waals surface area contributed by atoms with Crippen LogP contribution < -0.4 is 14.4 Å². The standard InChI is InChI=1S/C30H37N3O5S/c1-5-28(30(35)31-4)32(21-20-24-10-8-7-9-11-24)29(34)22-33(25-14-12-23(3)13-15-25)39(36,37)27-18-16-26(17-19-27)38-6-2/h7-19,28H,5-6,20-22H2,1-4H3,(H,31,35)/t28-/m1/s1. The van der Waals surface area contributed by atoms with Crippen molar-refractivity contribution in [2.24, 2.45) is 0 Å². The Bertz CT molecular complexity index is 1330. The molecule has 0 heterocycles. The third kappa shape index (κ3) is 7.60. The SMILES string of the molecule is CCOc1ccc(S(=O)(=O)N(CC(=O)N(CCc2ccccc2)[C@H](CC)C(=O)NC)c2ccc(C)cc2)cc1. The molecule has 0 aromatic heterocycles. The molecule has 9 heteroatoms. The molecule has 208 valence electrons. The zero-order chi connectivity index (χ0) is 28.4. The topological polar surface area (TPSA) is 96.0 Å². The number of nitrogens with one attached hydrogen (secondary N) is 1. The molecule has 0 fully saturated rings. The second-order valence-electron chi connectivity index (χ2n) is 9.11. The van der Waals surface area contributed by atoms with E-state index in [1.54, 1.807) is 36.4 Å². The first-order valence-corrected chi connectivity index (χ1v) is 14.5. The van der Waals surface area contributed by atoms with Gasteiger partial charge in [0.1, 0.15) is 18.3 Å². The number of anilines is 1. The van der Waals surface area contributed by atoms with E-state index in [4.69, 9.17) is 4.74 Å². The number of ether oxygens (including phenoxy) is 1. The molecule has 0 aliphatic rings. The van der Waals surface area contributed by atoms with Crippen molar-refractivity contribution in [2.45, 2.75) is 44.6 Å². The fraction of sp³-hybridized carbons (Fsp3) is 0.333. The van der Waals surface area contributed by atoms with Crippen LogP contribution in [0.15, 0.2) is 83.8 Å². The Hall–Kier alpha value is -3.85. The molecule has 3 aromatic carbocycles. The van der Waals surface area contributed by atoms with Gasteiger partial charge in [-0.25, -0.2) is 8.42 Å². The van der Waals surface area contributed by atoms with Gasteiger partial charge < -0.3 is 15.0 Å². The second kappa shape index (κ2) is 13.8. The minimum Gasteiger partial charge on any atom is -0.494 e. The Morgan fingerprint density at radius 2 is 1.56 bits per heavy atom. The first-order chi connectivity index (χ1) is 18.7. The van der Waals surface area contributed by atoms with Crippen molar-refractivity contribution in [1.29, 1.82) is 0 Å². The Balaban J connectivity index is 1.99. The molecule has 1 N–H and O–H groups in total. The van der Waals surface area contributed by atoms with Crippen LogP contribution in [0.25, 0.3) is 0 Å². The summed E-state index contributed by atoms with van der Waals surface area (Å²) in [6.07, 6.45) is 0.909. The maximum Gasteiger partial charge on any atom is 0.264 e. The number of aryl methyl sites for hydroxylation is 1. The number of carbonyl (C=O) groups excluding carboxylic acids is 2. The molecule has 0 saturated heterocycles. The number of benzene rings is 3.